The van der Waals surface area contributed by atoms with Crippen LogP contribution < -0.4 is 9.47 Å². The third kappa shape index (κ3) is 13.3. The van der Waals surface area contributed by atoms with Crippen LogP contribution in [0.2, 0.25) is 0 Å². The zero-order valence-corrected chi connectivity index (χ0v) is 20.9. The Bertz CT molecular complexity index is 723. The fraction of sp³-hybridized carbons (Fsp3) is 0.615. The summed E-state index contributed by atoms with van der Waals surface area (Å²) < 4.78 is 44.0. The van der Waals surface area contributed by atoms with E-state index < -0.39 is 0 Å². The molecule has 0 amide bonds. The van der Waals surface area contributed by atoms with Crippen molar-refractivity contribution in [3.05, 3.63) is 36.4 Å². The smallest absolute Gasteiger partial charge is 0.127 e. The lowest BCUT2D eigenvalue weighted by atomic mass is 10.1. The van der Waals surface area contributed by atoms with Crippen molar-refractivity contribution < 1.29 is 48.1 Å². The van der Waals surface area contributed by atoms with Crippen LogP contribution in [-0.4, -0.2) is 116 Å². The van der Waals surface area contributed by atoms with Gasteiger partial charge in [-0.2, -0.15) is 0 Å². The highest BCUT2D eigenvalue weighted by Gasteiger charge is 2.07. The van der Waals surface area contributed by atoms with Crippen molar-refractivity contribution in [2.24, 2.45) is 0 Å². The van der Waals surface area contributed by atoms with Gasteiger partial charge in [-0.1, -0.05) is 24.3 Å². The summed E-state index contributed by atoms with van der Waals surface area (Å²) in [6, 6.07) is 11.7. The van der Waals surface area contributed by atoms with Crippen molar-refractivity contribution in [1.82, 2.24) is 0 Å². The van der Waals surface area contributed by atoms with Gasteiger partial charge in [0.25, 0.3) is 0 Å². The van der Waals surface area contributed by atoms with E-state index in [0.29, 0.717) is 92.5 Å². The second-order valence-electron chi connectivity index (χ2n) is 7.43. The van der Waals surface area contributed by atoms with E-state index >= 15 is 0 Å². The third-order valence-electron chi connectivity index (χ3n) is 4.77. The molecular weight excluding hydrogens is 472 g/mol. The molecule has 10 nitrogen and oxygen atoms in total. The van der Waals surface area contributed by atoms with Gasteiger partial charge in [0, 0.05) is 10.8 Å². The quantitative estimate of drug-likeness (QED) is 0.201. The number of aliphatic hydroxyl groups is 2. The average Bonchev–Trinajstić information content (AvgIpc) is 2.90. The van der Waals surface area contributed by atoms with Gasteiger partial charge in [0.2, 0.25) is 0 Å². The number of hydrogen-bond acceptors (Lipinski definition) is 10. The molecular formula is C26H40O10. The number of rotatable bonds is 24. The molecule has 2 rings (SSSR count). The molecule has 0 saturated heterocycles. The lowest BCUT2D eigenvalue weighted by molar-refractivity contribution is 0.00362. The molecule has 204 valence electrons. The summed E-state index contributed by atoms with van der Waals surface area (Å²) in [5, 5.41) is 19.2. The minimum Gasteiger partial charge on any atom is -0.491 e. The SMILES string of the molecule is OCCOCCOCCOCCOc1cccc2c(OCCOCCOCCOCCO)cccc12. The largest absolute Gasteiger partial charge is 0.491 e. The summed E-state index contributed by atoms with van der Waals surface area (Å²) in [6.07, 6.45) is 0. The van der Waals surface area contributed by atoms with E-state index in [1.165, 1.54) is 0 Å². The molecule has 0 aliphatic heterocycles. The molecule has 0 atom stereocenters. The van der Waals surface area contributed by atoms with E-state index in [1.807, 2.05) is 36.4 Å². The van der Waals surface area contributed by atoms with Gasteiger partial charge in [-0.3, -0.25) is 0 Å². The van der Waals surface area contributed by atoms with Gasteiger partial charge in [-0.25, -0.2) is 0 Å². The molecule has 0 bridgehead atoms. The number of ether oxygens (including phenoxy) is 8. The Kier molecular flexibility index (Phi) is 17.7. The van der Waals surface area contributed by atoms with Crippen LogP contribution in [-0.2, 0) is 28.4 Å². The van der Waals surface area contributed by atoms with E-state index in [2.05, 4.69) is 0 Å². The standard InChI is InChI=1S/C26H40O10/c27-7-9-29-11-13-31-15-17-33-19-21-35-25-5-1-3-23-24(25)4-2-6-26(23)36-22-20-34-18-16-32-14-12-30-10-8-28/h1-6,27-28H,7-22H2. The average molecular weight is 513 g/mol. The second kappa shape index (κ2) is 21.1. The van der Waals surface area contributed by atoms with E-state index in [4.69, 9.17) is 48.1 Å². The van der Waals surface area contributed by atoms with Crippen molar-refractivity contribution >= 4 is 10.8 Å². The number of benzene rings is 2. The monoisotopic (exact) mass is 512 g/mol. The molecule has 0 saturated carbocycles. The lowest BCUT2D eigenvalue weighted by Gasteiger charge is -2.13. The summed E-state index contributed by atoms with van der Waals surface area (Å²) in [7, 11) is 0. The van der Waals surface area contributed by atoms with Crippen LogP contribution in [0.15, 0.2) is 36.4 Å². The highest BCUT2D eigenvalue weighted by Crippen LogP contribution is 2.32. The Labute approximate surface area is 212 Å². The highest BCUT2D eigenvalue weighted by molar-refractivity contribution is 5.93. The van der Waals surface area contributed by atoms with E-state index in [9.17, 15) is 0 Å². The van der Waals surface area contributed by atoms with E-state index in [-0.39, 0.29) is 13.2 Å². The maximum atomic E-state index is 8.62. The molecule has 10 heteroatoms. The van der Waals surface area contributed by atoms with Crippen LogP contribution >= 0.6 is 0 Å². The minimum atomic E-state index is 0.0188. The molecule has 2 aromatic carbocycles. The molecule has 0 heterocycles. The maximum Gasteiger partial charge on any atom is 0.127 e. The van der Waals surface area contributed by atoms with E-state index in [1.54, 1.807) is 0 Å². The Morgan fingerprint density at radius 1 is 0.389 bits per heavy atom. The predicted molar refractivity (Wildman–Crippen MR) is 134 cm³/mol. The van der Waals surface area contributed by atoms with Gasteiger partial charge in [0.1, 0.15) is 24.7 Å². The molecule has 0 fully saturated rings. The van der Waals surface area contributed by atoms with Crippen molar-refractivity contribution in [3.63, 3.8) is 0 Å². The van der Waals surface area contributed by atoms with Crippen LogP contribution in [0.25, 0.3) is 10.8 Å². The van der Waals surface area contributed by atoms with Crippen molar-refractivity contribution in [2.45, 2.75) is 0 Å². The highest BCUT2D eigenvalue weighted by atomic mass is 16.6. The predicted octanol–water partition coefficient (Wildman–Crippen LogP) is 1.68. The molecule has 2 aromatic rings. The van der Waals surface area contributed by atoms with Gasteiger partial charge in [0.15, 0.2) is 0 Å². The zero-order chi connectivity index (χ0) is 25.5. The molecule has 0 radical (unpaired) electrons. The Morgan fingerprint density at radius 2 is 0.694 bits per heavy atom. The lowest BCUT2D eigenvalue weighted by Crippen LogP contribution is -2.13. The second-order valence-corrected chi connectivity index (χ2v) is 7.43. The van der Waals surface area contributed by atoms with Crippen LogP contribution in [0.3, 0.4) is 0 Å². The summed E-state index contributed by atoms with van der Waals surface area (Å²) in [6.45, 7) is 6.23. The van der Waals surface area contributed by atoms with Gasteiger partial charge < -0.3 is 48.1 Å². The first-order valence-electron chi connectivity index (χ1n) is 12.3. The fourth-order valence-electron chi connectivity index (χ4n) is 3.14. The first-order valence-corrected chi connectivity index (χ1v) is 12.3. The first kappa shape index (κ1) is 30.2. The minimum absolute atomic E-state index is 0.0188. The van der Waals surface area contributed by atoms with Gasteiger partial charge in [-0.05, 0) is 12.1 Å². The summed E-state index contributed by atoms with van der Waals surface area (Å²) >= 11 is 0. The van der Waals surface area contributed by atoms with Gasteiger partial charge >= 0.3 is 0 Å². The van der Waals surface area contributed by atoms with Crippen molar-refractivity contribution in [3.8, 4) is 11.5 Å². The summed E-state index contributed by atoms with van der Waals surface area (Å²) in [5.41, 5.74) is 0. The van der Waals surface area contributed by atoms with Crippen LogP contribution in [0.4, 0.5) is 0 Å². The van der Waals surface area contributed by atoms with Crippen LogP contribution in [0.5, 0.6) is 11.5 Å². The summed E-state index contributed by atoms with van der Waals surface area (Å²) in [4.78, 5) is 0. The maximum absolute atomic E-state index is 8.62. The topological polar surface area (TPSA) is 114 Å². The van der Waals surface area contributed by atoms with Crippen molar-refractivity contribution in [1.29, 1.82) is 0 Å². The fourth-order valence-corrected chi connectivity index (χ4v) is 3.14. The molecule has 36 heavy (non-hydrogen) atoms. The Balaban J connectivity index is 1.60. The molecule has 0 aliphatic carbocycles. The van der Waals surface area contributed by atoms with Crippen LogP contribution in [0, 0.1) is 0 Å². The van der Waals surface area contributed by atoms with Crippen LogP contribution in [0.1, 0.15) is 0 Å². The number of hydrogen-bond donors (Lipinski definition) is 2. The Morgan fingerprint density at radius 3 is 1.03 bits per heavy atom. The normalized spacial score (nSPS) is 11.3. The molecule has 0 aromatic heterocycles. The van der Waals surface area contributed by atoms with Gasteiger partial charge in [0.05, 0.1) is 92.5 Å². The number of fused-ring (bicyclic) bond motifs is 1. The Hall–Kier alpha value is -2.02. The summed E-state index contributed by atoms with van der Waals surface area (Å²) in [5.74, 6) is 1.55. The first-order chi connectivity index (χ1) is 17.9. The third-order valence-corrected chi connectivity index (χ3v) is 4.77. The molecule has 0 spiro atoms. The molecule has 0 unspecified atom stereocenters. The zero-order valence-electron chi connectivity index (χ0n) is 20.9. The molecule has 0 aliphatic rings. The number of aliphatic hydroxyl groups excluding tert-OH is 2. The van der Waals surface area contributed by atoms with Gasteiger partial charge in [-0.15, -0.1) is 0 Å². The van der Waals surface area contributed by atoms with Crippen molar-refractivity contribution in [2.75, 3.05) is 106 Å². The molecule has 2 N–H and O–H groups in total. The van der Waals surface area contributed by atoms with E-state index in [0.717, 1.165) is 22.3 Å².